The molecule has 1 heterocycles. The summed E-state index contributed by atoms with van der Waals surface area (Å²) in [5, 5.41) is 5.87. The summed E-state index contributed by atoms with van der Waals surface area (Å²) in [6.45, 7) is 0. The van der Waals surface area contributed by atoms with Gasteiger partial charge in [-0.25, -0.2) is 9.97 Å². The topological polar surface area (TPSA) is 66.9 Å². The number of rotatable bonds is 4. The number of nitrogens with zero attached hydrogens (tertiary/aromatic N) is 2. The van der Waals surface area contributed by atoms with Crippen LogP contribution in [0.5, 0.6) is 0 Å². The van der Waals surface area contributed by atoms with Crippen LogP contribution in [0.4, 0.5) is 30.5 Å². The van der Waals surface area contributed by atoms with Crippen LogP contribution in [-0.2, 0) is 6.18 Å². The molecule has 5 nitrogen and oxygen atoms in total. The van der Waals surface area contributed by atoms with Gasteiger partial charge in [0.1, 0.15) is 5.69 Å². The van der Waals surface area contributed by atoms with E-state index in [2.05, 4.69) is 20.6 Å². The minimum atomic E-state index is -4.49. The zero-order valence-corrected chi connectivity index (χ0v) is 14.3. The quantitative estimate of drug-likeness (QED) is 0.644. The van der Waals surface area contributed by atoms with Crippen LogP contribution in [0.15, 0.2) is 60.8 Å². The molecule has 3 aromatic rings. The lowest BCUT2D eigenvalue weighted by Gasteiger charge is -2.10. The van der Waals surface area contributed by atoms with Crippen LogP contribution in [0.25, 0.3) is 0 Å². The third kappa shape index (κ3) is 4.95. The molecule has 0 aliphatic carbocycles. The Balaban J connectivity index is 1.75. The number of amides is 1. The first-order valence-corrected chi connectivity index (χ1v) is 8.03. The molecule has 3 rings (SSSR count). The number of carbonyl (C=O) groups is 1. The van der Waals surface area contributed by atoms with Gasteiger partial charge >= 0.3 is 6.18 Å². The summed E-state index contributed by atoms with van der Waals surface area (Å²) in [5.41, 5.74) is -0.178. The van der Waals surface area contributed by atoms with Gasteiger partial charge < -0.3 is 10.6 Å². The molecule has 0 bridgehead atoms. The Morgan fingerprint density at radius 1 is 1.00 bits per heavy atom. The molecular formula is C18H12ClF3N4O. The summed E-state index contributed by atoms with van der Waals surface area (Å²) in [6.07, 6.45) is -3.13. The number of aromatic nitrogens is 2. The minimum Gasteiger partial charge on any atom is -0.324 e. The number of hydrogen-bond acceptors (Lipinski definition) is 4. The van der Waals surface area contributed by atoms with Crippen molar-refractivity contribution in [3.05, 3.63) is 77.1 Å². The van der Waals surface area contributed by atoms with E-state index >= 15 is 0 Å². The molecular weight excluding hydrogens is 381 g/mol. The molecule has 0 fully saturated rings. The van der Waals surface area contributed by atoms with E-state index in [0.29, 0.717) is 10.7 Å². The Hall–Kier alpha value is -3.13. The molecule has 0 saturated carbocycles. The van der Waals surface area contributed by atoms with Gasteiger partial charge in [-0.2, -0.15) is 13.2 Å². The number of benzene rings is 2. The predicted molar refractivity (Wildman–Crippen MR) is 96.2 cm³/mol. The van der Waals surface area contributed by atoms with Crippen LogP contribution in [0.2, 0.25) is 5.02 Å². The van der Waals surface area contributed by atoms with E-state index in [1.165, 1.54) is 24.4 Å². The molecule has 0 radical (unpaired) electrons. The van der Waals surface area contributed by atoms with E-state index in [1.807, 2.05) is 0 Å². The Morgan fingerprint density at radius 2 is 1.74 bits per heavy atom. The van der Waals surface area contributed by atoms with Gasteiger partial charge in [-0.3, -0.25) is 4.79 Å². The monoisotopic (exact) mass is 392 g/mol. The standard InChI is InChI=1S/C18H12ClF3N4O/c19-12-4-6-13(7-5-12)25-17-23-9-8-15(26-17)16(27)24-14-3-1-2-11(10-14)18(20,21)22/h1-10H,(H,24,27)(H,23,25,26). The summed E-state index contributed by atoms with van der Waals surface area (Å²) in [6, 6.07) is 12.5. The van der Waals surface area contributed by atoms with Gasteiger partial charge in [-0.1, -0.05) is 17.7 Å². The zero-order valence-electron chi connectivity index (χ0n) is 13.6. The van der Waals surface area contributed by atoms with Crippen molar-refractivity contribution in [1.29, 1.82) is 0 Å². The smallest absolute Gasteiger partial charge is 0.324 e. The molecule has 0 aliphatic heterocycles. The number of alkyl halides is 3. The fourth-order valence-electron chi connectivity index (χ4n) is 2.18. The molecule has 138 valence electrons. The van der Waals surface area contributed by atoms with Gasteiger partial charge in [-0.05, 0) is 48.5 Å². The fourth-order valence-corrected chi connectivity index (χ4v) is 2.30. The van der Waals surface area contributed by atoms with Crippen LogP contribution in [0.1, 0.15) is 16.1 Å². The minimum absolute atomic E-state index is 0.00104. The maximum atomic E-state index is 12.8. The number of carbonyl (C=O) groups excluding carboxylic acids is 1. The Labute approximate surface area is 157 Å². The largest absolute Gasteiger partial charge is 0.416 e. The highest BCUT2D eigenvalue weighted by Crippen LogP contribution is 2.30. The van der Waals surface area contributed by atoms with Crippen LogP contribution in [0, 0.1) is 0 Å². The lowest BCUT2D eigenvalue weighted by Crippen LogP contribution is -2.15. The van der Waals surface area contributed by atoms with Crippen molar-refractivity contribution in [2.45, 2.75) is 6.18 Å². The van der Waals surface area contributed by atoms with Crippen molar-refractivity contribution in [3.8, 4) is 0 Å². The first kappa shape index (κ1) is 18.7. The number of hydrogen-bond donors (Lipinski definition) is 2. The van der Waals surface area contributed by atoms with Gasteiger partial charge in [0, 0.05) is 22.6 Å². The van der Waals surface area contributed by atoms with Crippen molar-refractivity contribution >= 4 is 34.8 Å². The maximum absolute atomic E-state index is 12.8. The van der Waals surface area contributed by atoms with E-state index in [4.69, 9.17) is 11.6 Å². The van der Waals surface area contributed by atoms with Crippen LogP contribution < -0.4 is 10.6 Å². The van der Waals surface area contributed by atoms with Crippen molar-refractivity contribution < 1.29 is 18.0 Å². The van der Waals surface area contributed by atoms with Gasteiger partial charge in [-0.15, -0.1) is 0 Å². The van der Waals surface area contributed by atoms with Gasteiger partial charge in [0.05, 0.1) is 5.56 Å². The third-order valence-electron chi connectivity index (χ3n) is 3.44. The van der Waals surface area contributed by atoms with E-state index in [-0.39, 0.29) is 17.3 Å². The molecule has 1 aromatic heterocycles. The van der Waals surface area contributed by atoms with Crippen LogP contribution >= 0.6 is 11.6 Å². The zero-order chi connectivity index (χ0) is 19.4. The average Bonchev–Trinajstić information content (AvgIpc) is 2.63. The average molecular weight is 393 g/mol. The third-order valence-corrected chi connectivity index (χ3v) is 3.69. The second-order valence-electron chi connectivity index (χ2n) is 5.43. The number of halogens is 4. The molecule has 2 aromatic carbocycles. The van der Waals surface area contributed by atoms with E-state index in [9.17, 15) is 18.0 Å². The van der Waals surface area contributed by atoms with Crippen LogP contribution in [0.3, 0.4) is 0 Å². The van der Waals surface area contributed by atoms with Gasteiger partial charge in [0.15, 0.2) is 0 Å². The highest BCUT2D eigenvalue weighted by atomic mass is 35.5. The summed E-state index contributed by atoms with van der Waals surface area (Å²) in [5.74, 6) is -0.495. The van der Waals surface area contributed by atoms with E-state index in [1.54, 1.807) is 24.3 Å². The lowest BCUT2D eigenvalue weighted by atomic mass is 10.2. The first-order chi connectivity index (χ1) is 12.8. The van der Waals surface area contributed by atoms with E-state index in [0.717, 1.165) is 12.1 Å². The summed E-state index contributed by atoms with van der Waals surface area (Å²) >= 11 is 5.82. The highest BCUT2D eigenvalue weighted by molar-refractivity contribution is 6.30. The molecule has 0 atom stereocenters. The second kappa shape index (κ2) is 7.63. The van der Waals surface area contributed by atoms with Gasteiger partial charge in [0.2, 0.25) is 5.95 Å². The number of nitrogens with one attached hydrogen (secondary N) is 2. The van der Waals surface area contributed by atoms with Crippen molar-refractivity contribution in [3.63, 3.8) is 0 Å². The maximum Gasteiger partial charge on any atom is 0.416 e. The number of anilines is 3. The van der Waals surface area contributed by atoms with Crippen molar-refractivity contribution in [2.75, 3.05) is 10.6 Å². The predicted octanol–water partition coefficient (Wildman–Crippen LogP) is 5.14. The molecule has 0 spiro atoms. The molecule has 9 heteroatoms. The Morgan fingerprint density at radius 3 is 2.44 bits per heavy atom. The fraction of sp³-hybridized carbons (Fsp3) is 0.0556. The summed E-state index contributed by atoms with van der Waals surface area (Å²) in [4.78, 5) is 20.4. The molecule has 27 heavy (non-hydrogen) atoms. The van der Waals surface area contributed by atoms with Crippen molar-refractivity contribution in [2.24, 2.45) is 0 Å². The molecule has 0 saturated heterocycles. The SMILES string of the molecule is O=C(Nc1cccc(C(F)(F)F)c1)c1ccnc(Nc2ccc(Cl)cc2)n1. The molecule has 2 N–H and O–H groups in total. The summed E-state index contributed by atoms with van der Waals surface area (Å²) < 4.78 is 38.3. The first-order valence-electron chi connectivity index (χ1n) is 7.65. The van der Waals surface area contributed by atoms with Crippen LogP contribution in [-0.4, -0.2) is 15.9 Å². The molecule has 1 amide bonds. The normalized spacial score (nSPS) is 11.1. The molecule has 0 aliphatic rings. The van der Waals surface area contributed by atoms with E-state index < -0.39 is 17.6 Å². The van der Waals surface area contributed by atoms with Crippen molar-refractivity contribution in [1.82, 2.24) is 9.97 Å². The lowest BCUT2D eigenvalue weighted by molar-refractivity contribution is -0.137. The highest BCUT2D eigenvalue weighted by Gasteiger charge is 2.30. The Kier molecular flexibility index (Phi) is 5.27. The summed E-state index contributed by atoms with van der Waals surface area (Å²) in [7, 11) is 0. The molecule has 0 unspecified atom stereocenters. The van der Waals surface area contributed by atoms with Gasteiger partial charge in [0.25, 0.3) is 5.91 Å². The Bertz CT molecular complexity index is 961. The second-order valence-corrected chi connectivity index (χ2v) is 5.87.